The van der Waals surface area contributed by atoms with Crippen LogP contribution in [0.2, 0.25) is 0 Å². The number of carbonyl (C=O) groups is 1. The van der Waals surface area contributed by atoms with Crippen molar-refractivity contribution >= 4 is 22.9 Å². The van der Waals surface area contributed by atoms with E-state index in [9.17, 15) is 18.0 Å². The van der Waals surface area contributed by atoms with Crippen molar-refractivity contribution in [1.82, 2.24) is 10.3 Å². The van der Waals surface area contributed by atoms with E-state index in [1.807, 2.05) is 18.2 Å². The fourth-order valence-corrected chi connectivity index (χ4v) is 2.77. The summed E-state index contributed by atoms with van der Waals surface area (Å²) in [7, 11) is 0. The first-order valence-corrected chi connectivity index (χ1v) is 7.86. The van der Waals surface area contributed by atoms with Gasteiger partial charge in [-0.25, -0.2) is 4.98 Å². The number of amides is 1. The number of aromatic nitrogens is 1. The highest BCUT2D eigenvalue weighted by molar-refractivity contribution is 7.09. The summed E-state index contributed by atoms with van der Waals surface area (Å²) in [5.74, 6) is -0.166. The summed E-state index contributed by atoms with van der Waals surface area (Å²) in [5.41, 5.74) is 6.45. The molecule has 8 heteroatoms. The van der Waals surface area contributed by atoms with Gasteiger partial charge in [0.1, 0.15) is 0 Å². The molecule has 0 aliphatic heterocycles. The number of anilines is 1. The molecule has 0 fully saturated rings. The highest BCUT2D eigenvalue weighted by atomic mass is 32.1. The van der Waals surface area contributed by atoms with E-state index in [4.69, 9.17) is 5.73 Å². The first-order valence-electron chi connectivity index (χ1n) is 6.98. The van der Waals surface area contributed by atoms with E-state index in [2.05, 4.69) is 10.3 Å². The van der Waals surface area contributed by atoms with Crippen LogP contribution < -0.4 is 11.1 Å². The van der Waals surface area contributed by atoms with Gasteiger partial charge in [-0.3, -0.25) is 4.79 Å². The number of nitrogen functional groups attached to an aromatic ring is 1. The predicted octanol–water partition coefficient (Wildman–Crippen LogP) is 3.04. The van der Waals surface area contributed by atoms with Gasteiger partial charge in [-0.15, -0.1) is 11.3 Å². The summed E-state index contributed by atoms with van der Waals surface area (Å²) < 4.78 is 37.2. The maximum atomic E-state index is 12.4. The number of carbonyl (C=O) groups excluding carboxylic acids is 1. The number of alkyl halides is 3. The average Bonchev–Trinajstić information content (AvgIpc) is 2.95. The largest absolute Gasteiger partial charge is 0.434 e. The van der Waals surface area contributed by atoms with Gasteiger partial charge < -0.3 is 11.1 Å². The van der Waals surface area contributed by atoms with E-state index < -0.39 is 11.9 Å². The lowest BCUT2D eigenvalue weighted by atomic mass is 10.1. The SMILES string of the molecule is Nc1ccccc1CCC(=O)NCCc1nc(C(F)(F)F)cs1. The highest BCUT2D eigenvalue weighted by Crippen LogP contribution is 2.29. The molecule has 0 aliphatic carbocycles. The van der Waals surface area contributed by atoms with Crippen molar-refractivity contribution < 1.29 is 18.0 Å². The molecular weight excluding hydrogens is 327 g/mol. The summed E-state index contributed by atoms with van der Waals surface area (Å²) in [6, 6.07) is 7.30. The second kappa shape index (κ2) is 7.45. The second-order valence-corrected chi connectivity index (χ2v) is 5.87. The van der Waals surface area contributed by atoms with Gasteiger partial charge in [-0.2, -0.15) is 13.2 Å². The molecule has 1 heterocycles. The molecule has 1 aromatic heterocycles. The Kier molecular flexibility index (Phi) is 5.59. The first-order chi connectivity index (χ1) is 10.9. The van der Waals surface area contributed by atoms with E-state index in [-0.39, 0.29) is 25.3 Å². The standard InChI is InChI=1S/C15H16F3N3OS/c16-15(17,18)12-9-23-14(21-12)7-8-20-13(22)6-5-10-3-1-2-4-11(10)19/h1-4,9H,5-8,19H2,(H,20,22). The summed E-state index contributed by atoms with van der Waals surface area (Å²) in [5, 5.41) is 4.01. The summed E-state index contributed by atoms with van der Waals surface area (Å²) in [6.07, 6.45) is -3.35. The van der Waals surface area contributed by atoms with Crippen LogP contribution in [-0.2, 0) is 23.8 Å². The molecule has 0 saturated heterocycles. The maximum Gasteiger partial charge on any atom is 0.434 e. The van der Waals surface area contributed by atoms with Crippen LogP contribution in [0, 0.1) is 0 Å². The number of benzene rings is 1. The molecular formula is C15H16F3N3OS. The molecule has 0 atom stereocenters. The fraction of sp³-hybridized carbons (Fsp3) is 0.333. The van der Waals surface area contributed by atoms with E-state index in [1.165, 1.54) is 0 Å². The normalized spacial score (nSPS) is 11.4. The minimum atomic E-state index is -4.42. The summed E-state index contributed by atoms with van der Waals surface area (Å²) >= 11 is 0.941. The predicted molar refractivity (Wildman–Crippen MR) is 83.0 cm³/mol. The Bertz CT molecular complexity index is 670. The van der Waals surface area contributed by atoms with Crippen molar-refractivity contribution in [3.63, 3.8) is 0 Å². The lowest BCUT2D eigenvalue weighted by Crippen LogP contribution is -2.26. The van der Waals surface area contributed by atoms with Gasteiger partial charge in [0.05, 0.1) is 5.01 Å². The lowest BCUT2D eigenvalue weighted by Gasteiger charge is -2.06. The van der Waals surface area contributed by atoms with Crippen LogP contribution in [0.15, 0.2) is 29.6 Å². The van der Waals surface area contributed by atoms with Gasteiger partial charge in [0.25, 0.3) is 0 Å². The monoisotopic (exact) mass is 343 g/mol. The van der Waals surface area contributed by atoms with E-state index in [1.54, 1.807) is 6.07 Å². The van der Waals surface area contributed by atoms with E-state index >= 15 is 0 Å². The number of thiazole rings is 1. The maximum absolute atomic E-state index is 12.4. The van der Waals surface area contributed by atoms with Crippen LogP contribution in [0.1, 0.15) is 22.7 Å². The van der Waals surface area contributed by atoms with Crippen LogP contribution in [0.5, 0.6) is 0 Å². The topological polar surface area (TPSA) is 68.0 Å². The van der Waals surface area contributed by atoms with Crippen molar-refractivity contribution in [1.29, 1.82) is 0 Å². The molecule has 0 spiro atoms. The minimum absolute atomic E-state index is 0.166. The Morgan fingerprint density at radius 2 is 2.00 bits per heavy atom. The molecule has 0 radical (unpaired) electrons. The molecule has 3 N–H and O–H groups in total. The van der Waals surface area contributed by atoms with Gasteiger partial charge in [0, 0.05) is 30.5 Å². The molecule has 2 rings (SSSR count). The van der Waals surface area contributed by atoms with E-state index in [0.29, 0.717) is 17.1 Å². The van der Waals surface area contributed by atoms with Gasteiger partial charge in [-0.05, 0) is 18.1 Å². The van der Waals surface area contributed by atoms with Gasteiger partial charge in [-0.1, -0.05) is 18.2 Å². The third-order valence-electron chi connectivity index (χ3n) is 3.18. The third-order valence-corrected chi connectivity index (χ3v) is 4.09. The number of para-hydroxylation sites is 1. The third kappa shape index (κ3) is 5.24. The molecule has 0 unspecified atom stereocenters. The molecule has 124 valence electrons. The minimum Gasteiger partial charge on any atom is -0.399 e. The Hall–Kier alpha value is -2.09. The number of nitrogens with two attached hydrogens (primary N) is 1. The molecule has 1 amide bonds. The van der Waals surface area contributed by atoms with Crippen molar-refractivity contribution in [2.24, 2.45) is 0 Å². The number of halogens is 3. The zero-order valence-corrected chi connectivity index (χ0v) is 13.0. The number of hydrogen-bond donors (Lipinski definition) is 2. The zero-order chi connectivity index (χ0) is 16.9. The van der Waals surface area contributed by atoms with Gasteiger partial charge in [0.15, 0.2) is 5.69 Å². The molecule has 0 aliphatic rings. The number of hydrogen-bond acceptors (Lipinski definition) is 4. The Labute approximate surface area is 135 Å². The van der Waals surface area contributed by atoms with Crippen molar-refractivity contribution in [3.8, 4) is 0 Å². The van der Waals surface area contributed by atoms with Crippen molar-refractivity contribution in [2.45, 2.75) is 25.4 Å². The first kappa shape index (κ1) is 17.3. The number of rotatable bonds is 6. The highest BCUT2D eigenvalue weighted by Gasteiger charge is 2.33. The van der Waals surface area contributed by atoms with Crippen LogP contribution in [-0.4, -0.2) is 17.4 Å². The number of nitrogens with one attached hydrogen (secondary N) is 1. The lowest BCUT2D eigenvalue weighted by molar-refractivity contribution is -0.140. The van der Waals surface area contributed by atoms with Gasteiger partial charge in [0.2, 0.25) is 5.91 Å². The number of aryl methyl sites for hydroxylation is 1. The molecule has 2 aromatic rings. The van der Waals surface area contributed by atoms with Crippen LogP contribution >= 0.6 is 11.3 Å². The number of nitrogens with zero attached hydrogens (tertiary/aromatic N) is 1. The van der Waals surface area contributed by atoms with Crippen molar-refractivity contribution in [3.05, 3.63) is 45.9 Å². The second-order valence-electron chi connectivity index (χ2n) is 4.92. The molecule has 0 saturated carbocycles. The summed E-state index contributed by atoms with van der Waals surface area (Å²) in [4.78, 5) is 15.2. The van der Waals surface area contributed by atoms with E-state index in [0.717, 1.165) is 22.3 Å². The Morgan fingerprint density at radius 1 is 1.26 bits per heavy atom. The zero-order valence-electron chi connectivity index (χ0n) is 12.2. The average molecular weight is 343 g/mol. The van der Waals surface area contributed by atoms with Crippen molar-refractivity contribution in [2.75, 3.05) is 12.3 Å². The molecule has 1 aromatic carbocycles. The molecule has 0 bridgehead atoms. The van der Waals surface area contributed by atoms with Crippen LogP contribution in [0.4, 0.5) is 18.9 Å². The fourth-order valence-electron chi connectivity index (χ4n) is 1.96. The van der Waals surface area contributed by atoms with Crippen LogP contribution in [0.3, 0.4) is 0 Å². The Balaban J connectivity index is 1.73. The van der Waals surface area contributed by atoms with Gasteiger partial charge >= 0.3 is 6.18 Å². The Morgan fingerprint density at radius 3 is 2.65 bits per heavy atom. The molecule has 23 heavy (non-hydrogen) atoms. The molecule has 4 nitrogen and oxygen atoms in total. The smallest absolute Gasteiger partial charge is 0.399 e. The summed E-state index contributed by atoms with van der Waals surface area (Å²) in [6.45, 7) is 0.258. The van der Waals surface area contributed by atoms with Crippen LogP contribution in [0.25, 0.3) is 0 Å². The quantitative estimate of drug-likeness (QED) is 0.792.